The second-order valence-corrected chi connectivity index (χ2v) is 4.03. The van der Waals surface area contributed by atoms with Gasteiger partial charge < -0.3 is 9.84 Å². The molecule has 2 heterocycles. The molecule has 0 bridgehead atoms. The molecule has 0 atom stereocenters. The molecule has 0 saturated heterocycles. The monoisotopic (exact) mass is 248 g/mol. The summed E-state index contributed by atoms with van der Waals surface area (Å²) in [5, 5.41) is 13.3. The fourth-order valence-electron chi connectivity index (χ4n) is 2.15. The number of nitrogens with zero attached hydrogens (tertiary/aromatic N) is 2. The van der Waals surface area contributed by atoms with Gasteiger partial charge in [-0.3, -0.25) is 4.68 Å². The molecule has 0 amide bonds. The highest BCUT2D eigenvalue weighted by molar-refractivity contribution is 5.91. The van der Waals surface area contributed by atoms with Gasteiger partial charge in [0.2, 0.25) is 0 Å². The Morgan fingerprint density at radius 3 is 3.06 bits per heavy atom. The second kappa shape index (κ2) is 3.56. The Balaban J connectivity index is 2.28. The minimum Gasteiger partial charge on any atom is -0.488 e. The zero-order valence-electron chi connectivity index (χ0n) is 9.48. The lowest BCUT2D eigenvalue weighted by molar-refractivity contribution is 0.0682. The van der Waals surface area contributed by atoms with Crippen LogP contribution < -0.4 is 4.74 Å². The molecule has 1 aromatic heterocycles. The van der Waals surface area contributed by atoms with E-state index in [0.29, 0.717) is 22.6 Å². The number of aryl methyl sites for hydroxylation is 1. The summed E-state index contributed by atoms with van der Waals surface area (Å²) in [6.45, 7) is 0.128. The quantitative estimate of drug-likeness (QED) is 0.836. The number of aromatic carboxylic acids is 1. The maximum atomic E-state index is 13.2. The van der Waals surface area contributed by atoms with Gasteiger partial charge in [0, 0.05) is 12.6 Å². The minimum absolute atomic E-state index is 0.0694. The number of hydrogen-bond acceptors (Lipinski definition) is 3. The summed E-state index contributed by atoms with van der Waals surface area (Å²) in [6.07, 6.45) is 0. The first-order chi connectivity index (χ1) is 8.58. The molecule has 0 aliphatic carbocycles. The highest BCUT2D eigenvalue weighted by Crippen LogP contribution is 2.38. The van der Waals surface area contributed by atoms with Gasteiger partial charge in [-0.25, -0.2) is 9.18 Å². The van der Waals surface area contributed by atoms with E-state index in [2.05, 4.69) is 5.10 Å². The lowest BCUT2D eigenvalue weighted by atomic mass is 10.0. The van der Waals surface area contributed by atoms with E-state index in [0.717, 1.165) is 0 Å². The smallest absolute Gasteiger partial charge is 0.354 e. The molecule has 1 aliphatic heterocycles. The summed E-state index contributed by atoms with van der Waals surface area (Å²) in [6, 6.07) is 4.11. The average molecular weight is 248 g/mol. The Labute approximate surface area is 101 Å². The molecular weight excluding hydrogens is 239 g/mol. The van der Waals surface area contributed by atoms with Gasteiger partial charge in [-0.2, -0.15) is 5.10 Å². The third-order valence-electron chi connectivity index (χ3n) is 2.92. The average Bonchev–Trinajstić information content (AvgIpc) is 2.65. The third kappa shape index (κ3) is 1.38. The van der Waals surface area contributed by atoms with Gasteiger partial charge in [-0.05, 0) is 18.2 Å². The van der Waals surface area contributed by atoms with Gasteiger partial charge in [0.15, 0.2) is 5.69 Å². The van der Waals surface area contributed by atoms with Crippen molar-refractivity contribution in [2.24, 2.45) is 7.05 Å². The van der Waals surface area contributed by atoms with Crippen LogP contribution in [0.5, 0.6) is 5.75 Å². The number of rotatable bonds is 1. The van der Waals surface area contributed by atoms with Crippen LogP contribution in [-0.4, -0.2) is 20.9 Å². The van der Waals surface area contributed by atoms with E-state index in [1.165, 1.54) is 22.9 Å². The van der Waals surface area contributed by atoms with E-state index >= 15 is 0 Å². The summed E-state index contributed by atoms with van der Waals surface area (Å²) < 4.78 is 19.9. The zero-order chi connectivity index (χ0) is 12.9. The lowest BCUT2D eigenvalue weighted by Crippen LogP contribution is -2.11. The molecule has 5 nitrogen and oxygen atoms in total. The second-order valence-electron chi connectivity index (χ2n) is 4.03. The van der Waals surface area contributed by atoms with Crippen LogP contribution in [0, 0.1) is 5.82 Å². The van der Waals surface area contributed by atoms with Crippen molar-refractivity contribution >= 4 is 5.97 Å². The highest BCUT2D eigenvalue weighted by atomic mass is 19.1. The highest BCUT2D eigenvalue weighted by Gasteiger charge is 2.28. The van der Waals surface area contributed by atoms with E-state index in [-0.39, 0.29) is 12.3 Å². The molecule has 0 fully saturated rings. The van der Waals surface area contributed by atoms with E-state index in [1.807, 2.05) is 0 Å². The Hall–Kier alpha value is -2.37. The molecule has 1 N–H and O–H groups in total. The van der Waals surface area contributed by atoms with E-state index in [4.69, 9.17) is 9.84 Å². The lowest BCUT2D eigenvalue weighted by Gasteiger charge is -2.16. The van der Waals surface area contributed by atoms with Crippen molar-refractivity contribution in [1.82, 2.24) is 9.78 Å². The predicted octanol–water partition coefficient (Wildman–Crippen LogP) is 1.82. The number of carboxylic acid groups (broad SMARTS) is 1. The van der Waals surface area contributed by atoms with Crippen molar-refractivity contribution in [2.45, 2.75) is 6.61 Å². The molecule has 2 aromatic rings. The normalized spacial score (nSPS) is 12.6. The van der Waals surface area contributed by atoms with Crippen LogP contribution in [0.3, 0.4) is 0 Å². The molecule has 18 heavy (non-hydrogen) atoms. The Kier molecular flexibility index (Phi) is 2.13. The standard InChI is InChI=1S/C12H9FN2O3/c1-15-11(12(16)17)8-5-18-9-3-2-6(13)4-7(9)10(8)14-15/h2-4H,5H2,1H3,(H,16,17). The number of hydrogen-bond donors (Lipinski definition) is 1. The topological polar surface area (TPSA) is 64.4 Å². The molecule has 3 rings (SSSR count). The molecule has 0 saturated carbocycles. The summed E-state index contributed by atoms with van der Waals surface area (Å²) in [5.74, 6) is -0.971. The van der Waals surface area contributed by atoms with Crippen molar-refractivity contribution in [3.63, 3.8) is 0 Å². The van der Waals surface area contributed by atoms with Gasteiger partial charge in [-0.15, -0.1) is 0 Å². The summed E-state index contributed by atoms with van der Waals surface area (Å²) in [5.41, 5.74) is 1.50. The fraction of sp³-hybridized carbons (Fsp3) is 0.167. The maximum absolute atomic E-state index is 13.2. The van der Waals surface area contributed by atoms with Crippen molar-refractivity contribution in [1.29, 1.82) is 0 Å². The zero-order valence-corrected chi connectivity index (χ0v) is 9.48. The Bertz CT molecular complexity index is 664. The number of ether oxygens (including phenoxy) is 1. The van der Waals surface area contributed by atoms with Crippen molar-refractivity contribution in [3.8, 4) is 17.0 Å². The van der Waals surface area contributed by atoms with Crippen LogP contribution in [0.1, 0.15) is 16.1 Å². The molecule has 0 spiro atoms. The molecule has 1 aliphatic rings. The van der Waals surface area contributed by atoms with Crippen molar-refractivity contribution < 1.29 is 19.0 Å². The first-order valence-electron chi connectivity index (χ1n) is 5.30. The van der Waals surface area contributed by atoms with E-state index < -0.39 is 11.8 Å². The van der Waals surface area contributed by atoms with E-state index in [1.54, 1.807) is 7.05 Å². The van der Waals surface area contributed by atoms with Crippen LogP contribution in [0.4, 0.5) is 4.39 Å². The van der Waals surface area contributed by atoms with E-state index in [9.17, 15) is 9.18 Å². The number of aromatic nitrogens is 2. The third-order valence-corrected chi connectivity index (χ3v) is 2.92. The van der Waals surface area contributed by atoms with Gasteiger partial charge in [0.1, 0.15) is 23.9 Å². The van der Waals surface area contributed by atoms with Crippen LogP contribution in [0.15, 0.2) is 18.2 Å². The number of halogens is 1. The minimum atomic E-state index is -1.07. The van der Waals surface area contributed by atoms with Crippen LogP contribution in [0.25, 0.3) is 11.3 Å². The number of benzene rings is 1. The molecular formula is C12H9FN2O3. The Morgan fingerprint density at radius 1 is 1.56 bits per heavy atom. The molecule has 1 aromatic carbocycles. The van der Waals surface area contributed by atoms with Crippen LogP contribution >= 0.6 is 0 Å². The fourth-order valence-corrected chi connectivity index (χ4v) is 2.15. The van der Waals surface area contributed by atoms with Gasteiger partial charge in [0.05, 0.1) is 5.56 Å². The van der Waals surface area contributed by atoms with Gasteiger partial charge in [0.25, 0.3) is 0 Å². The maximum Gasteiger partial charge on any atom is 0.354 e. The number of fused-ring (bicyclic) bond motifs is 3. The van der Waals surface area contributed by atoms with Crippen LogP contribution in [-0.2, 0) is 13.7 Å². The molecule has 6 heteroatoms. The van der Waals surface area contributed by atoms with Crippen LogP contribution in [0.2, 0.25) is 0 Å². The molecule has 92 valence electrons. The largest absolute Gasteiger partial charge is 0.488 e. The molecule has 0 unspecified atom stereocenters. The van der Waals surface area contributed by atoms with Gasteiger partial charge in [-0.1, -0.05) is 0 Å². The molecule has 0 radical (unpaired) electrons. The van der Waals surface area contributed by atoms with Crippen molar-refractivity contribution in [2.75, 3.05) is 0 Å². The predicted molar refractivity (Wildman–Crippen MR) is 59.9 cm³/mol. The summed E-state index contributed by atoms with van der Waals surface area (Å²) in [4.78, 5) is 11.1. The number of carboxylic acids is 1. The summed E-state index contributed by atoms with van der Waals surface area (Å²) >= 11 is 0. The number of carbonyl (C=O) groups is 1. The Morgan fingerprint density at radius 2 is 2.33 bits per heavy atom. The first-order valence-corrected chi connectivity index (χ1v) is 5.30. The SMILES string of the molecule is Cn1nc2c(c1C(=O)O)COc1ccc(F)cc1-2. The van der Waals surface area contributed by atoms with Crippen molar-refractivity contribution in [3.05, 3.63) is 35.3 Å². The van der Waals surface area contributed by atoms with Gasteiger partial charge >= 0.3 is 5.97 Å². The summed E-state index contributed by atoms with van der Waals surface area (Å²) in [7, 11) is 1.54. The first kappa shape index (κ1) is 10.8.